The molecule has 0 fully saturated rings. The molecule has 1 heterocycles. The van der Waals surface area contributed by atoms with Crippen LogP contribution in [0, 0.1) is 3.57 Å². The topological polar surface area (TPSA) is 33.1 Å². The van der Waals surface area contributed by atoms with Crippen molar-refractivity contribution < 1.29 is 5.11 Å². The molecular formula is C17H13BrINO. The maximum Gasteiger partial charge on any atom is 0.0851 e. The molecule has 2 aromatic carbocycles. The fourth-order valence-electron chi connectivity index (χ4n) is 2.38. The van der Waals surface area contributed by atoms with E-state index in [9.17, 15) is 5.11 Å². The van der Waals surface area contributed by atoms with Crippen LogP contribution in [0.3, 0.4) is 0 Å². The van der Waals surface area contributed by atoms with Crippen LogP contribution in [-0.2, 0) is 6.42 Å². The van der Waals surface area contributed by atoms with Crippen LogP contribution in [0.25, 0.3) is 10.9 Å². The van der Waals surface area contributed by atoms with Gasteiger partial charge in [0.25, 0.3) is 0 Å². The van der Waals surface area contributed by atoms with E-state index in [1.807, 2.05) is 24.3 Å². The Morgan fingerprint density at radius 3 is 2.62 bits per heavy atom. The third-order valence-electron chi connectivity index (χ3n) is 3.45. The third kappa shape index (κ3) is 3.27. The van der Waals surface area contributed by atoms with Crippen molar-refractivity contribution in [2.24, 2.45) is 0 Å². The van der Waals surface area contributed by atoms with Crippen LogP contribution in [0.1, 0.15) is 17.2 Å². The predicted octanol–water partition coefficient (Wildman–Crippen LogP) is 4.88. The molecule has 0 saturated heterocycles. The molecule has 0 aliphatic rings. The predicted molar refractivity (Wildman–Crippen MR) is 97.3 cm³/mol. The molecule has 0 amide bonds. The molecule has 1 aromatic heterocycles. The van der Waals surface area contributed by atoms with E-state index < -0.39 is 6.10 Å². The summed E-state index contributed by atoms with van der Waals surface area (Å²) in [6.07, 6.45) is 1.79. The first-order valence-electron chi connectivity index (χ1n) is 6.61. The Morgan fingerprint density at radius 1 is 1.10 bits per heavy atom. The van der Waals surface area contributed by atoms with Gasteiger partial charge in [0.2, 0.25) is 0 Å². The SMILES string of the molecule is OC(Cc1ccc(I)cc1)c1ccc(Br)c2cccnc12. The first-order chi connectivity index (χ1) is 10.1. The monoisotopic (exact) mass is 453 g/mol. The number of halogens is 2. The summed E-state index contributed by atoms with van der Waals surface area (Å²) in [7, 11) is 0. The highest BCUT2D eigenvalue weighted by Gasteiger charge is 2.14. The van der Waals surface area contributed by atoms with E-state index in [0.717, 1.165) is 26.5 Å². The first-order valence-corrected chi connectivity index (χ1v) is 8.48. The quantitative estimate of drug-likeness (QED) is 0.573. The molecule has 0 bridgehead atoms. The van der Waals surface area contributed by atoms with Gasteiger partial charge in [0.05, 0.1) is 11.6 Å². The van der Waals surface area contributed by atoms with Gasteiger partial charge in [-0.2, -0.15) is 0 Å². The molecule has 0 aliphatic heterocycles. The number of pyridine rings is 1. The molecule has 4 heteroatoms. The first kappa shape index (κ1) is 14.9. The number of benzene rings is 2. The highest BCUT2D eigenvalue weighted by molar-refractivity contribution is 14.1. The average molecular weight is 454 g/mol. The fraction of sp³-hybridized carbons (Fsp3) is 0.118. The van der Waals surface area contributed by atoms with Crippen LogP contribution >= 0.6 is 38.5 Å². The number of fused-ring (bicyclic) bond motifs is 1. The van der Waals surface area contributed by atoms with Crippen molar-refractivity contribution >= 4 is 49.4 Å². The minimum Gasteiger partial charge on any atom is -0.388 e. The van der Waals surface area contributed by atoms with Crippen molar-refractivity contribution in [2.75, 3.05) is 0 Å². The molecule has 3 aromatic rings. The molecule has 2 nitrogen and oxygen atoms in total. The summed E-state index contributed by atoms with van der Waals surface area (Å²) in [6, 6.07) is 16.0. The Hall–Kier alpha value is -0.980. The Kier molecular flexibility index (Phi) is 4.57. The zero-order valence-corrected chi connectivity index (χ0v) is 14.9. The van der Waals surface area contributed by atoms with Crippen molar-refractivity contribution in [1.82, 2.24) is 4.98 Å². The summed E-state index contributed by atoms with van der Waals surface area (Å²) in [5.41, 5.74) is 2.84. The Balaban J connectivity index is 1.96. The molecule has 0 radical (unpaired) electrons. The number of aromatic nitrogens is 1. The van der Waals surface area contributed by atoms with Crippen LogP contribution in [0.5, 0.6) is 0 Å². The van der Waals surface area contributed by atoms with Crippen LogP contribution in [0.15, 0.2) is 59.2 Å². The van der Waals surface area contributed by atoms with Crippen molar-refractivity contribution in [3.63, 3.8) is 0 Å². The van der Waals surface area contributed by atoms with Gasteiger partial charge in [-0.1, -0.05) is 40.2 Å². The van der Waals surface area contributed by atoms with Crippen LogP contribution in [-0.4, -0.2) is 10.1 Å². The molecule has 0 aliphatic carbocycles. The van der Waals surface area contributed by atoms with Crippen molar-refractivity contribution in [3.05, 3.63) is 73.9 Å². The number of aliphatic hydroxyl groups excluding tert-OH is 1. The molecule has 3 rings (SSSR count). The zero-order valence-electron chi connectivity index (χ0n) is 11.1. The summed E-state index contributed by atoms with van der Waals surface area (Å²) in [5.74, 6) is 0. The third-order valence-corrected chi connectivity index (χ3v) is 4.86. The summed E-state index contributed by atoms with van der Waals surface area (Å²) in [6.45, 7) is 0. The summed E-state index contributed by atoms with van der Waals surface area (Å²) in [4.78, 5) is 4.43. The highest BCUT2D eigenvalue weighted by Crippen LogP contribution is 2.30. The second-order valence-electron chi connectivity index (χ2n) is 4.88. The second kappa shape index (κ2) is 6.42. The number of aliphatic hydroxyl groups is 1. The van der Waals surface area contributed by atoms with Gasteiger partial charge >= 0.3 is 0 Å². The average Bonchev–Trinajstić information content (AvgIpc) is 2.50. The van der Waals surface area contributed by atoms with E-state index in [1.165, 1.54) is 3.57 Å². The molecule has 1 atom stereocenters. The van der Waals surface area contributed by atoms with Gasteiger partial charge in [-0.3, -0.25) is 4.98 Å². The summed E-state index contributed by atoms with van der Waals surface area (Å²) < 4.78 is 2.19. The van der Waals surface area contributed by atoms with E-state index >= 15 is 0 Å². The number of nitrogens with zero attached hydrogens (tertiary/aromatic N) is 1. The van der Waals surface area contributed by atoms with Crippen molar-refractivity contribution in [3.8, 4) is 0 Å². The standard InChI is InChI=1S/C17H13BrINO/c18-15-8-7-14(17-13(15)2-1-9-20-17)16(21)10-11-3-5-12(19)6-4-11/h1-9,16,21H,10H2. The number of hydrogen-bond donors (Lipinski definition) is 1. The van der Waals surface area contributed by atoms with Gasteiger partial charge in [0.1, 0.15) is 0 Å². The van der Waals surface area contributed by atoms with E-state index in [0.29, 0.717) is 6.42 Å². The summed E-state index contributed by atoms with van der Waals surface area (Å²) in [5, 5.41) is 11.6. The lowest BCUT2D eigenvalue weighted by atomic mass is 9.99. The maximum atomic E-state index is 10.6. The molecule has 21 heavy (non-hydrogen) atoms. The van der Waals surface area contributed by atoms with Gasteiger partial charge < -0.3 is 5.11 Å². The highest BCUT2D eigenvalue weighted by atomic mass is 127. The Morgan fingerprint density at radius 2 is 1.86 bits per heavy atom. The fourth-order valence-corrected chi connectivity index (χ4v) is 3.19. The van der Waals surface area contributed by atoms with Crippen LogP contribution < -0.4 is 0 Å². The smallest absolute Gasteiger partial charge is 0.0851 e. The van der Waals surface area contributed by atoms with Crippen LogP contribution in [0.2, 0.25) is 0 Å². The van der Waals surface area contributed by atoms with Gasteiger partial charge in [-0.05, 0) is 52.4 Å². The Bertz CT molecular complexity index is 773. The lowest BCUT2D eigenvalue weighted by molar-refractivity contribution is 0.180. The minimum atomic E-state index is -0.560. The molecule has 106 valence electrons. The van der Waals surface area contributed by atoms with Gasteiger partial charge in [0.15, 0.2) is 0 Å². The Labute approximate surface area is 145 Å². The molecule has 0 spiro atoms. The van der Waals surface area contributed by atoms with Gasteiger partial charge in [0, 0.05) is 31.6 Å². The molecule has 0 saturated carbocycles. The normalized spacial score (nSPS) is 12.5. The minimum absolute atomic E-state index is 0.560. The second-order valence-corrected chi connectivity index (χ2v) is 6.98. The van der Waals surface area contributed by atoms with Crippen molar-refractivity contribution in [1.29, 1.82) is 0 Å². The largest absolute Gasteiger partial charge is 0.388 e. The molecule has 1 N–H and O–H groups in total. The molecule has 1 unspecified atom stereocenters. The summed E-state index contributed by atoms with van der Waals surface area (Å²) >= 11 is 5.81. The maximum absolute atomic E-state index is 10.6. The van der Waals surface area contributed by atoms with Gasteiger partial charge in [-0.25, -0.2) is 0 Å². The number of rotatable bonds is 3. The van der Waals surface area contributed by atoms with Crippen molar-refractivity contribution in [2.45, 2.75) is 12.5 Å². The number of hydrogen-bond acceptors (Lipinski definition) is 2. The van der Waals surface area contributed by atoms with Crippen LogP contribution in [0.4, 0.5) is 0 Å². The van der Waals surface area contributed by atoms with E-state index in [2.05, 4.69) is 67.8 Å². The van der Waals surface area contributed by atoms with Gasteiger partial charge in [-0.15, -0.1) is 0 Å². The van der Waals surface area contributed by atoms with E-state index in [-0.39, 0.29) is 0 Å². The lowest BCUT2D eigenvalue weighted by Crippen LogP contribution is -2.03. The zero-order chi connectivity index (χ0) is 14.8. The molecular weight excluding hydrogens is 441 g/mol. The lowest BCUT2D eigenvalue weighted by Gasteiger charge is -2.14. The van der Waals surface area contributed by atoms with E-state index in [4.69, 9.17) is 0 Å². The van der Waals surface area contributed by atoms with E-state index in [1.54, 1.807) is 6.20 Å².